The van der Waals surface area contributed by atoms with Gasteiger partial charge in [0.2, 0.25) is 17.7 Å². The van der Waals surface area contributed by atoms with Gasteiger partial charge in [0.25, 0.3) is 0 Å². The number of allylic oxidation sites excluding steroid dienone is 2. The first kappa shape index (κ1) is 18.3. The summed E-state index contributed by atoms with van der Waals surface area (Å²) in [6, 6.07) is 5.83. The van der Waals surface area contributed by atoms with Gasteiger partial charge < -0.3 is 9.80 Å². The molecular formula is C22H26N4O3. The van der Waals surface area contributed by atoms with Crippen molar-refractivity contribution in [1.82, 2.24) is 14.8 Å². The molecule has 6 rings (SSSR count). The van der Waals surface area contributed by atoms with Gasteiger partial charge in [0, 0.05) is 45.3 Å². The summed E-state index contributed by atoms with van der Waals surface area (Å²) in [5.74, 6) is 0.828. The summed E-state index contributed by atoms with van der Waals surface area (Å²) >= 11 is 0. The predicted molar refractivity (Wildman–Crippen MR) is 107 cm³/mol. The molecule has 2 saturated heterocycles. The van der Waals surface area contributed by atoms with E-state index in [4.69, 9.17) is 0 Å². The number of carbonyl (C=O) groups excluding carboxylic acids is 3. The van der Waals surface area contributed by atoms with E-state index in [-0.39, 0.29) is 54.4 Å². The highest BCUT2D eigenvalue weighted by atomic mass is 16.2. The van der Waals surface area contributed by atoms with E-state index in [9.17, 15) is 14.4 Å². The van der Waals surface area contributed by atoms with Gasteiger partial charge in [-0.25, -0.2) is 4.98 Å². The van der Waals surface area contributed by atoms with E-state index < -0.39 is 0 Å². The molecule has 0 spiro atoms. The van der Waals surface area contributed by atoms with Gasteiger partial charge in [-0.05, 0) is 36.8 Å². The lowest BCUT2D eigenvalue weighted by atomic mass is 9.63. The summed E-state index contributed by atoms with van der Waals surface area (Å²) in [6.07, 6.45) is 8.22. The Morgan fingerprint density at radius 3 is 2.17 bits per heavy atom. The third-order valence-corrected chi connectivity index (χ3v) is 7.01. The molecule has 0 N–H and O–H groups in total. The molecule has 1 saturated carbocycles. The third-order valence-electron chi connectivity index (χ3n) is 7.01. The summed E-state index contributed by atoms with van der Waals surface area (Å²) in [5.41, 5.74) is 0. The van der Waals surface area contributed by atoms with Crippen molar-refractivity contribution in [2.24, 2.45) is 23.7 Å². The Bertz CT molecular complexity index is 815. The maximum absolute atomic E-state index is 12.9. The quantitative estimate of drug-likeness (QED) is 0.569. The fourth-order valence-electron chi connectivity index (χ4n) is 5.45. The molecule has 2 aliphatic heterocycles. The molecule has 152 valence electrons. The average Bonchev–Trinajstić information content (AvgIpc) is 3.05. The number of pyridine rings is 1. The number of aromatic nitrogens is 1. The molecule has 4 atom stereocenters. The molecule has 0 unspecified atom stereocenters. The van der Waals surface area contributed by atoms with Gasteiger partial charge in [0.15, 0.2) is 0 Å². The van der Waals surface area contributed by atoms with Crippen LogP contribution in [-0.2, 0) is 14.4 Å². The lowest BCUT2D eigenvalue weighted by Gasteiger charge is -2.38. The maximum atomic E-state index is 12.9. The van der Waals surface area contributed by atoms with Crippen LogP contribution in [0.25, 0.3) is 0 Å². The molecule has 0 aromatic carbocycles. The second-order valence-electron chi connectivity index (χ2n) is 8.48. The monoisotopic (exact) mass is 394 g/mol. The Balaban J connectivity index is 1.16. The van der Waals surface area contributed by atoms with E-state index in [1.165, 1.54) is 4.90 Å². The molecule has 3 aliphatic carbocycles. The summed E-state index contributed by atoms with van der Waals surface area (Å²) < 4.78 is 0. The first-order valence-electron chi connectivity index (χ1n) is 10.6. The topological polar surface area (TPSA) is 73.8 Å². The summed E-state index contributed by atoms with van der Waals surface area (Å²) in [6.45, 7) is 2.96. The number of rotatable bonds is 4. The van der Waals surface area contributed by atoms with Crippen LogP contribution in [0.15, 0.2) is 36.5 Å². The Hall–Kier alpha value is -2.70. The number of hydrogen-bond acceptors (Lipinski definition) is 5. The molecular weight excluding hydrogens is 368 g/mol. The van der Waals surface area contributed by atoms with Crippen molar-refractivity contribution in [3.8, 4) is 0 Å². The number of carbonyl (C=O) groups is 3. The van der Waals surface area contributed by atoms with Crippen molar-refractivity contribution >= 4 is 23.5 Å². The fourth-order valence-corrected chi connectivity index (χ4v) is 5.45. The molecule has 5 aliphatic rings. The van der Waals surface area contributed by atoms with Crippen molar-refractivity contribution in [3.63, 3.8) is 0 Å². The first-order chi connectivity index (χ1) is 14.1. The number of piperazine rings is 1. The minimum atomic E-state index is -0.191. The van der Waals surface area contributed by atoms with Crippen molar-refractivity contribution < 1.29 is 14.4 Å². The molecule has 7 nitrogen and oxygen atoms in total. The van der Waals surface area contributed by atoms with Gasteiger partial charge in [-0.3, -0.25) is 19.3 Å². The molecule has 7 heteroatoms. The Morgan fingerprint density at radius 1 is 0.966 bits per heavy atom. The number of imide groups is 1. The van der Waals surface area contributed by atoms with Gasteiger partial charge in [0.05, 0.1) is 11.8 Å². The van der Waals surface area contributed by atoms with Crippen molar-refractivity contribution in [2.45, 2.75) is 19.3 Å². The van der Waals surface area contributed by atoms with Gasteiger partial charge in [-0.15, -0.1) is 0 Å². The number of fused-ring (bicyclic) bond motifs is 1. The summed E-state index contributed by atoms with van der Waals surface area (Å²) in [7, 11) is 0. The number of hydrogen-bond donors (Lipinski definition) is 0. The van der Waals surface area contributed by atoms with Gasteiger partial charge in [-0.1, -0.05) is 18.2 Å². The fraction of sp³-hybridized carbons (Fsp3) is 0.545. The van der Waals surface area contributed by atoms with Gasteiger partial charge in [-0.2, -0.15) is 0 Å². The van der Waals surface area contributed by atoms with Crippen LogP contribution >= 0.6 is 0 Å². The third kappa shape index (κ3) is 3.12. The zero-order valence-corrected chi connectivity index (χ0v) is 16.4. The lowest BCUT2D eigenvalue weighted by Crippen LogP contribution is -2.49. The molecule has 3 amide bonds. The van der Waals surface area contributed by atoms with E-state index in [1.54, 1.807) is 6.20 Å². The highest BCUT2D eigenvalue weighted by molar-refractivity contribution is 6.06. The second-order valence-corrected chi connectivity index (χ2v) is 8.48. The molecule has 1 aromatic heterocycles. The molecule has 3 heterocycles. The zero-order valence-electron chi connectivity index (χ0n) is 16.4. The van der Waals surface area contributed by atoms with Gasteiger partial charge in [0.1, 0.15) is 5.82 Å². The van der Waals surface area contributed by atoms with Crippen molar-refractivity contribution in [1.29, 1.82) is 0 Å². The minimum absolute atomic E-state index is 0.0160. The highest BCUT2D eigenvalue weighted by Gasteiger charge is 2.56. The molecule has 0 radical (unpaired) electrons. The van der Waals surface area contributed by atoms with E-state index >= 15 is 0 Å². The zero-order chi connectivity index (χ0) is 20.0. The smallest absolute Gasteiger partial charge is 0.233 e. The van der Waals surface area contributed by atoms with Crippen LogP contribution < -0.4 is 4.90 Å². The largest absolute Gasteiger partial charge is 0.353 e. The predicted octanol–water partition coefficient (Wildman–Crippen LogP) is 1.32. The molecule has 3 fully saturated rings. The van der Waals surface area contributed by atoms with E-state index in [1.807, 2.05) is 23.1 Å². The maximum Gasteiger partial charge on any atom is 0.233 e. The van der Waals surface area contributed by atoms with Crippen LogP contribution in [0.5, 0.6) is 0 Å². The second kappa shape index (κ2) is 7.28. The van der Waals surface area contributed by atoms with Crippen LogP contribution in [0.1, 0.15) is 19.3 Å². The summed E-state index contributed by atoms with van der Waals surface area (Å²) in [5, 5.41) is 0. The van der Waals surface area contributed by atoms with Crippen molar-refractivity contribution in [2.75, 3.05) is 37.6 Å². The van der Waals surface area contributed by atoms with Crippen LogP contribution in [0.3, 0.4) is 0 Å². The number of nitrogens with zero attached hydrogens (tertiary/aromatic N) is 4. The molecule has 29 heavy (non-hydrogen) atoms. The molecule has 1 aromatic rings. The average molecular weight is 394 g/mol. The van der Waals surface area contributed by atoms with Crippen LogP contribution in [-0.4, -0.2) is 65.2 Å². The lowest BCUT2D eigenvalue weighted by molar-refractivity contribution is -0.141. The highest BCUT2D eigenvalue weighted by Crippen LogP contribution is 2.49. The summed E-state index contributed by atoms with van der Waals surface area (Å²) in [4.78, 5) is 48.2. The Morgan fingerprint density at radius 2 is 1.62 bits per heavy atom. The number of likely N-dealkylation sites (tertiary alicyclic amines) is 1. The first-order valence-corrected chi connectivity index (χ1v) is 10.6. The minimum Gasteiger partial charge on any atom is -0.353 e. The number of amides is 3. The Kier molecular flexibility index (Phi) is 4.60. The van der Waals surface area contributed by atoms with Crippen LogP contribution in [0.2, 0.25) is 0 Å². The molecule has 2 bridgehead atoms. The van der Waals surface area contributed by atoms with E-state index in [0.29, 0.717) is 13.1 Å². The van der Waals surface area contributed by atoms with Crippen LogP contribution in [0, 0.1) is 23.7 Å². The normalized spacial score (nSPS) is 30.8. The SMILES string of the molecule is O=C(CCN1C(=O)[C@H]2[C@H](C1=O)[C@H]1C=C[C@H]2CC1)N1CCN(c2ccccn2)CC1. The standard InChI is InChI=1S/C22H26N4O3/c27-18(25-13-11-24(12-14-25)17-3-1-2-9-23-17)8-10-26-21(28)19-15-4-5-16(7-6-15)20(19)22(26)29/h1-5,9,15-16,19-20H,6-8,10-14H2/t15-,16-,19+,20+/m0/s1. The number of anilines is 1. The van der Waals surface area contributed by atoms with E-state index in [2.05, 4.69) is 22.0 Å². The van der Waals surface area contributed by atoms with Gasteiger partial charge >= 0.3 is 0 Å². The van der Waals surface area contributed by atoms with E-state index in [0.717, 1.165) is 31.7 Å². The van der Waals surface area contributed by atoms with Crippen molar-refractivity contribution in [3.05, 3.63) is 36.5 Å². The van der Waals surface area contributed by atoms with Crippen LogP contribution in [0.4, 0.5) is 5.82 Å². The Labute approximate surface area is 170 Å².